The molecule has 8 heteroatoms. The van der Waals surface area contributed by atoms with E-state index in [1.54, 1.807) is 24.5 Å². The molecule has 0 saturated carbocycles. The predicted octanol–water partition coefficient (Wildman–Crippen LogP) is 2.98. The molecule has 1 fully saturated rings. The maximum Gasteiger partial charge on any atom is 0.191 e. The highest BCUT2D eigenvalue weighted by Crippen LogP contribution is 2.30. The molecule has 0 amide bonds. The molecule has 2 aromatic rings. The first-order valence-electron chi connectivity index (χ1n) is 10.4. The largest absolute Gasteiger partial charge is 0.504 e. The Kier molecular flexibility index (Phi) is 8.36. The Morgan fingerprint density at radius 1 is 1.37 bits per heavy atom. The number of thiophene rings is 1. The third-order valence-corrected chi connectivity index (χ3v) is 6.08. The molecule has 1 aromatic carbocycles. The van der Waals surface area contributed by atoms with Gasteiger partial charge in [-0.05, 0) is 31.4 Å². The van der Waals surface area contributed by atoms with Crippen LogP contribution in [-0.4, -0.2) is 62.0 Å². The summed E-state index contributed by atoms with van der Waals surface area (Å²) in [6.45, 7) is 8.60. The summed E-state index contributed by atoms with van der Waals surface area (Å²) >= 11 is 1.78. The van der Waals surface area contributed by atoms with Crippen LogP contribution in [0.5, 0.6) is 11.5 Å². The Hall–Kier alpha value is -2.29. The number of phenols is 1. The molecule has 3 rings (SSSR count). The average Bonchev–Trinajstić information content (AvgIpc) is 3.27. The van der Waals surface area contributed by atoms with Gasteiger partial charge in [0, 0.05) is 36.6 Å². The van der Waals surface area contributed by atoms with Crippen molar-refractivity contribution in [3.05, 3.63) is 46.2 Å². The van der Waals surface area contributed by atoms with Crippen LogP contribution in [-0.2, 0) is 11.3 Å². The molecule has 164 valence electrons. The number of benzene rings is 1. The first-order chi connectivity index (χ1) is 14.6. The Bertz CT molecular complexity index is 813. The third kappa shape index (κ3) is 5.87. The minimum absolute atomic E-state index is 0.137. The van der Waals surface area contributed by atoms with Crippen molar-refractivity contribution in [2.45, 2.75) is 32.5 Å². The highest BCUT2D eigenvalue weighted by molar-refractivity contribution is 7.10. The van der Waals surface area contributed by atoms with Crippen molar-refractivity contribution in [1.82, 2.24) is 15.5 Å². The molecule has 1 aliphatic rings. The molecule has 1 aromatic heterocycles. The highest BCUT2D eigenvalue weighted by atomic mass is 32.1. The van der Waals surface area contributed by atoms with Gasteiger partial charge in [0.1, 0.15) is 0 Å². The van der Waals surface area contributed by atoms with Crippen LogP contribution in [0.25, 0.3) is 0 Å². The molecule has 0 spiro atoms. The Balaban J connectivity index is 1.70. The number of nitrogens with zero attached hydrogens (tertiary/aromatic N) is 2. The maximum absolute atomic E-state index is 10.3. The molecule has 7 nitrogen and oxygen atoms in total. The molecule has 2 heterocycles. The van der Waals surface area contributed by atoms with Crippen molar-refractivity contribution < 1.29 is 14.6 Å². The van der Waals surface area contributed by atoms with E-state index in [2.05, 4.69) is 45.0 Å². The fourth-order valence-corrected chi connectivity index (χ4v) is 4.44. The number of hydrogen-bond acceptors (Lipinski definition) is 6. The van der Waals surface area contributed by atoms with Crippen LogP contribution < -0.4 is 15.4 Å². The molecule has 0 radical (unpaired) electrons. The molecule has 0 bridgehead atoms. The van der Waals surface area contributed by atoms with E-state index in [4.69, 9.17) is 9.47 Å². The van der Waals surface area contributed by atoms with Crippen LogP contribution in [0, 0.1) is 0 Å². The number of morpholine rings is 1. The lowest BCUT2D eigenvalue weighted by Crippen LogP contribution is -2.48. The second-order valence-electron chi connectivity index (χ2n) is 7.25. The molecule has 30 heavy (non-hydrogen) atoms. The number of hydrogen-bond donors (Lipinski definition) is 3. The van der Waals surface area contributed by atoms with Crippen LogP contribution in [0.4, 0.5) is 0 Å². The highest BCUT2D eigenvalue weighted by Gasteiger charge is 2.26. The van der Waals surface area contributed by atoms with E-state index in [0.717, 1.165) is 44.3 Å². The SMILES string of the molecule is CCNC(=NCc1cccc(OC)c1O)NCC(c1cccs1)N1CCOC(C)C1. The van der Waals surface area contributed by atoms with Gasteiger partial charge in [-0.25, -0.2) is 4.99 Å². The lowest BCUT2D eigenvalue weighted by atomic mass is 10.1. The van der Waals surface area contributed by atoms with Gasteiger partial charge in [-0.1, -0.05) is 18.2 Å². The van der Waals surface area contributed by atoms with Gasteiger partial charge in [0.25, 0.3) is 0 Å². The number of methoxy groups -OCH3 is 1. The summed E-state index contributed by atoms with van der Waals surface area (Å²) < 4.78 is 10.9. The van der Waals surface area contributed by atoms with E-state index >= 15 is 0 Å². The van der Waals surface area contributed by atoms with Crippen molar-refractivity contribution in [3.63, 3.8) is 0 Å². The van der Waals surface area contributed by atoms with Crippen molar-refractivity contribution in [2.75, 3.05) is 39.9 Å². The number of ether oxygens (including phenoxy) is 2. The normalized spacial score (nSPS) is 18.8. The van der Waals surface area contributed by atoms with Gasteiger partial charge >= 0.3 is 0 Å². The zero-order chi connectivity index (χ0) is 21.3. The molecule has 2 atom stereocenters. The quantitative estimate of drug-likeness (QED) is 0.440. The summed E-state index contributed by atoms with van der Waals surface area (Å²) in [6.07, 6.45) is 0.235. The van der Waals surface area contributed by atoms with E-state index in [1.165, 1.54) is 4.88 Å². The number of aromatic hydroxyl groups is 1. The number of phenolic OH excluding ortho intramolecular Hbond substituents is 1. The third-order valence-electron chi connectivity index (χ3n) is 5.10. The van der Waals surface area contributed by atoms with Gasteiger partial charge < -0.3 is 25.2 Å². The van der Waals surface area contributed by atoms with Gasteiger partial charge in [0.05, 0.1) is 32.4 Å². The molecule has 1 saturated heterocycles. The van der Waals surface area contributed by atoms with Crippen LogP contribution in [0.3, 0.4) is 0 Å². The van der Waals surface area contributed by atoms with E-state index in [9.17, 15) is 5.11 Å². The number of nitrogens with one attached hydrogen (secondary N) is 2. The second-order valence-corrected chi connectivity index (χ2v) is 8.23. The Labute approximate surface area is 182 Å². The van der Waals surface area contributed by atoms with Crippen molar-refractivity contribution in [2.24, 2.45) is 4.99 Å². The fraction of sp³-hybridized carbons (Fsp3) is 0.500. The molecule has 2 unspecified atom stereocenters. The number of aliphatic imine (C=N–C) groups is 1. The summed E-state index contributed by atoms with van der Waals surface area (Å²) in [5.74, 6) is 1.32. The number of para-hydroxylation sites is 1. The zero-order valence-electron chi connectivity index (χ0n) is 17.9. The van der Waals surface area contributed by atoms with E-state index in [-0.39, 0.29) is 17.9 Å². The van der Waals surface area contributed by atoms with Gasteiger partial charge in [-0.3, -0.25) is 4.90 Å². The number of rotatable bonds is 8. The van der Waals surface area contributed by atoms with Gasteiger partial charge in [-0.2, -0.15) is 0 Å². The predicted molar refractivity (Wildman–Crippen MR) is 122 cm³/mol. The molecule has 3 N–H and O–H groups in total. The van der Waals surface area contributed by atoms with Gasteiger partial charge in [0.15, 0.2) is 17.5 Å². The molecule has 1 aliphatic heterocycles. The smallest absolute Gasteiger partial charge is 0.191 e. The summed E-state index contributed by atoms with van der Waals surface area (Å²) in [5, 5.41) is 19.2. The van der Waals surface area contributed by atoms with E-state index < -0.39 is 0 Å². The van der Waals surface area contributed by atoms with Crippen LogP contribution >= 0.6 is 11.3 Å². The molecular formula is C22H32N4O3S. The van der Waals surface area contributed by atoms with E-state index in [1.807, 2.05) is 19.1 Å². The molecule has 0 aliphatic carbocycles. The standard InChI is InChI=1S/C22H32N4O3S/c1-4-23-22(24-13-17-7-5-8-19(28-3)21(17)27)25-14-18(20-9-6-12-30-20)26-10-11-29-16(2)15-26/h5-9,12,16,18,27H,4,10-11,13-15H2,1-3H3,(H2,23,24,25). The first kappa shape index (κ1) is 22.4. The summed E-state index contributed by atoms with van der Waals surface area (Å²) in [6, 6.07) is 9.99. The first-order valence-corrected chi connectivity index (χ1v) is 11.3. The fourth-order valence-electron chi connectivity index (χ4n) is 3.58. The maximum atomic E-state index is 10.3. The topological polar surface area (TPSA) is 78.4 Å². The lowest BCUT2D eigenvalue weighted by molar-refractivity contribution is -0.0334. The second kappa shape index (κ2) is 11.2. The number of guanidine groups is 1. The van der Waals surface area contributed by atoms with Crippen molar-refractivity contribution in [3.8, 4) is 11.5 Å². The van der Waals surface area contributed by atoms with Gasteiger partial charge in [-0.15, -0.1) is 11.3 Å². The van der Waals surface area contributed by atoms with Gasteiger partial charge in [0.2, 0.25) is 0 Å². The van der Waals surface area contributed by atoms with Crippen LogP contribution in [0.1, 0.15) is 30.3 Å². The van der Waals surface area contributed by atoms with Crippen molar-refractivity contribution in [1.29, 1.82) is 0 Å². The zero-order valence-corrected chi connectivity index (χ0v) is 18.7. The van der Waals surface area contributed by atoms with Crippen LogP contribution in [0.15, 0.2) is 40.7 Å². The van der Waals surface area contributed by atoms with Crippen LogP contribution in [0.2, 0.25) is 0 Å². The average molecular weight is 433 g/mol. The van der Waals surface area contributed by atoms with Crippen molar-refractivity contribution >= 4 is 17.3 Å². The Morgan fingerprint density at radius 3 is 2.93 bits per heavy atom. The Morgan fingerprint density at radius 2 is 2.23 bits per heavy atom. The summed E-state index contributed by atoms with van der Waals surface area (Å²) in [7, 11) is 1.55. The summed E-state index contributed by atoms with van der Waals surface area (Å²) in [5.41, 5.74) is 0.725. The molecular weight excluding hydrogens is 400 g/mol. The van der Waals surface area contributed by atoms with E-state index in [0.29, 0.717) is 12.3 Å². The lowest BCUT2D eigenvalue weighted by Gasteiger charge is -2.37. The monoisotopic (exact) mass is 432 g/mol. The minimum atomic E-state index is 0.137. The summed E-state index contributed by atoms with van der Waals surface area (Å²) in [4.78, 5) is 8.48. The minimum Gasteiger partial charge on any atom is -0.504 e.